The van der Waals surface area contributed by atoms with Gasteiger partial charge < -0.3 is 10.6 Å². The molecule has 3 heteroatoms. The summed E-state index contributed by atoms with van der Waals surface area (Å²) < 4.78 is 0. The van der Waals surface area contributed by atoms with Crippen LogP contribution in [0.1, 0.15) is 58.8 Å². The fourth-order valence-electron chi connectivity index (χ4n) is 3.34. The molecule has 0 aromatic carbocycles. The predicted molar refractivity (Wildman–Crippen MR) is 74.4 cm³/mol. The third-order valence-electron chi connectivity index (χ3n) is 4.87. The lowest BCUT2D eigenvalue weighted by atomic mass is 9.74. The fourth-order valence-corrected chi connectivity index (χ4v) is 3.34. The maximum Gasteiger partial charge on any atom is 0.225 e. The van der Waals surface area contributed by atoms with Crippen LogP contribution >= 0.6 is 0 Å². The first-order valence-electron chi connectivity index (χ1n) is 7.53. The highest BCUT2D eigenvalue weighted by molar-refractivity contribution is 5.82. The first-order chi connectivity index (χ1) is 8.54. The van der Waals surface area contributed by atoms with Crippen molar-refractivity contribution >= 4 is 5.91 Å². The molecule has 0 bridgehead atoms. The molecule has 0 spiro atoms. The summed E-state index contributed by atoms with van der Waals surface area (Å²) in [6, 6.07) is 0. The summed E-state index contributed by atoms with van der Waals surface area (Å²) >= 11 is 0. The topological polar surface area (TPSA) is 41.1 Å². The second-order valence-electron chi connectivity index (χ2n) is 6.89. The van der Waals surface area contributed by atoms with Crippen molar-refractivity contribution in [2.45, 2.75) is 58.8 Å². The van der Waals surface area contributed by atoms with E-state index in [9.17, 15) is 4.79 Å². The largest absolute Gasteiger partial charge is 0.355 e. The van der Waals surface area contributed by atoms with Gasteiger partial charge in [0.15, 0.2) is 0 Å². The average molecular weight is 252 g/mol. The minimum atomic E-state index is -0.100. The molecule has 0 aromatic heterocycles. The quantitative estimate of drug-likeness (QED) is 0.810. The third kappa shape index (κ3) is 3.25. The Kier molecular flexibility index (Phi) is 4.31. The second kappa shape index (κ2) is 5.60. The molecule has 1 amide bonds. The fraction of sp³-hybridized carbons (Fsp3) is 0.933. The molecular weight excluding hydrogens is 224 g/mol. The van der Waals surface area contributed by atoms with Crippen LogP contribution in [-0.4, -0.2) is 25.5 Å². The molecular formula is C15H28N2O. The van der Waals surface area contributed by atoms with Gasteiger partial charge in [-0.1, -0.05) is 33.1 Å². The first kappa shape index (κ1) is 13.9. The molecule has 18 heavy (non-hydrogen) atoms. The Morgan fingerprint density at radius 1 is 1.11 bits per heavy atom. The van der Waals surface area contributed by atoms with Crippen molar-refractivity contribution < 1.29 is 4.79 Å². The predicted octanol–water partition coefficient (Wildman–Crippen LogP) is 2.46. The highest BCUT2D eigenvalue weighted by Gasteiger charge is 2.36. The molecule has 2 rings (SSSR count). The van der Waals surface area contributed by atoms with Gasteiger partial charge in [0.1, 0.15) is 0 Å². The molecule has 3 nitrogen and oxygen atoms in total. The zero-order valence-electron chi connectivity index (χ0n) is 12.0. The van der Waals surface area contributed by atoms with Crippen molar-refractivity contribution in [2.24, 2.45) is 10.8 Å². The summed E-state index contributed by atoms with van der Waals surface area (Å²) in [5.74, 6) is 0.286. The zero-order chi connectivity index (χ0) is 13.1. The molecule has 1 saturated heterocycles. The Morgan fingerprint density at radius 3 is 2.44 bits per heavy atom. The number of amides is 1. The smallest absolute Gasteiger partial charge is 0.225 e. The number of hydrogen-bond donors (Lipinski definition) is 2. The van der Waals surface area contributed by atoms with E-state index in [4.69, 9.17) is 0 Å². The van der Waals surface area contributed by atoms with Gasteiger partial charge in [-0.15, -0.1) is 0 Å². The van der Waals surface area contributed by atoms with Crippen LogP contribution in [-0.2, 0) is 4.79 Å². The number of carbonyl (C=O) groups is 1. The lowest BCUT2D eigenvalue weighted by Crippen LogP contribution is -2.49. The molecule has 1 heterocycles. The van der Waals surface area contributed by atoms with Gasteiger partial charge in [-0.05, 0) is 37.6 Å². The van der Waals surface area contributed by atoms with Crippen LogP contribution in [0.15, 0.2) is 0 Å². The van der Waals surface area contributed by atoms with Crippen LogP contribution in [0.5, 0.6) is 0 Å². The minimum absolute atomic E-state index is 0.100. The second-order valence-corrected chi connectivity index (χ2v) is 6.89. The molecule has 0 radical (unpaired) electrons. The van der Waals surface area contributed by atoms with Gasteiger partial charge in [-0.3, -0.25) is 4.79 Å². The molecule has 2 fully saturated rings. The van der Waals surface area contributed by atoms with Crippen molar-refractivity contribution in [3.8, 4) is 0 Å². The number of piperidine rings is 1. The minimum Gasteiger partial charge on any atom is -0.355 e. The molecule has 0 aromatic rings. The molecule has 2 aliphatic rings. The van der Waals surface area contributed by atoms with Gasteiger partial charge in [-0.2, -0.15) is 0 Å². The van der Waals surface area contributed by atoms with Crippen LogP contribution in [0.25, 0.3) is 0 Å². The molecule has 1 atom stereocenters. The summed E-state index contributed by atoms with van der Waals surface area (Å²) in [6.07, 6.45) is 8.29. The van der Waals surface area contributed by atoms with Crippen molar-refractivity contribution in [3.63, 3.8) is 0 Å². The van der Waals surface area contributed by atoms with Crippen molar-refractivity contribution in [1.29, 1.82) is 0 Å². The van der Waals surface area contributed by atoms with E-state index in [0.29, 0.717) is 0 Å². The van der Waals surface area contributed by atoms with E-state index >= 15 is 0 Å². The Balaban J connectivity index is 1.83. The highest BCUT2D eigenvalue weighted by Crippen LogP contribution is 2.36. The number of carbonyl (C=O) groups excluding carboxylic acids is 1. The summed E-state index contributed by atoms with van der Waals surface area (Å²) in [5.41, 5.74) is 0.148. The molecule has 104 valence electrons. The van der Waals surface area contributed by atoms with Crippen LogP contribution in [0.2, 0.25) is 0 Å². The Morgan fingerprint density at radius 2 is 1.83 bits per heavy atom. The zero-order valence-corrected chi connectivity index (χ0v) is 12.0. The maximum atomic E-state index is 12.4. The van der Waals surface area contributed by atoms with E-state index in [0.717, 1.165) is 32.5 Å². The average Bonchev–Trinajstić information content (AvgIpc) is 2.38. The standard InChI is InChI=1S/C15H28N2O/c1-14(7-6-10-16-11-14)12-17-13(18)15(2)8-4-3-5-9-15/h16H,3-12H2,1-2H3,(H,17,18). The van der Waals surface area contributed by atoms with Gasteiger partial charge in [-0.25, -0.2) is 0 Å². The normalized spacial score (nSPS) is 31.9. The summed E-state index contributed by atoms with van der Waals surface area (Å²) in [6.45, 7) is 7.41. The van der Waals surface area contributed by atoms with E-state index in [1.165, 1.54) is 32.1 Å². The first-order valence-corrected chi connectivity index (χ1v) is 7.53. The van der Waals surface area contributed by atoms with Gasteiger partial charge in [0, 0.05) is 18.5 Å². The summed E-state index contributed by atoms with van der Waals surface area (Å²) in [4.78, 5) is 12.4. The lowest BCUT2D eigenvalue weighted by molar-refractivity contribution is -0.132. The van der Waals surface area contributed by atoms with Crippen LogP contribution in [0, 0.1) is 10.8 Å². The van der Waals surface area contributed by atoms with Crippen LogP contribution in [0.3, 0.4) is 0 Å². The van der Waals surface area contributed by atoms with Crippen molar-refractivity contribution in [2.75, 3.05) is 19.6 Å². The van der Waals surface area contributed by atoms with Gasteiger partial charge in [0.25, 0.3) is 0 Å². The van der Waals surface area contributed by atoms with E-state index in [1.54, 1.807) is 0 Å². The molecule has 1 aliphatic carbocycles. The Hall–Kier alpha value is -0.570. The van der Waals surface area contributed by atoms with Gasteiger partial charge in [0.2, 0.25) is 5.91 Å². The third-order valence-corrected chi connectivity index (χ3v) is 4.87. The molecule has 1 aliphatic heterocycles. The van der Waals surface area contributed by atoms with Gasteiger partial charge in [0.05, 0.1) is 0 Å². The Labute approximate surface area is 111 Å². The maximum absolute atomic E-state index is 12.4. The van der Waals surface area contributed by atoms with Gasteiger partial charge >= 0.3 is 0 Å². The SMILES string of the molecule is CC1(CNC(=O)C2(C)CCCCC2)CCCNC1. The number of nitrogens with one attached hydrogen (secondary N) is 2. The Bertz CT molecular complexity index is 289. The monoisotopic (exact) mass is 252 g/mol. The lowest BCUT2D eigenvalue weighted by Gasteiger charge is -2.37. The van der Waals surface area contributed by atoms with Crippen LogP contribution < -0.4 is 10.6 Å². The van der Waals surface area contributed by atoms with E-state index < -0.39 is 0 Å². The highest BCUT2D eigenvalue weighted by atomic mass is 16.2. The van der Waals surface area contributed by atoms with E-state index in [2.05, 4.69) is 24.5 Å². The van der Waals surface area contributed by atoms with E-state index in [-0.39, 0.29) is 16.7 Å². The number of rotatable bonds is 3. The van der Waals surface area contributed by atoms with E-state index in [1.807, 2.05) is 0 Å². The van der Waals surface area contributed by atoms with Crippen molar-refractivity contribution in [1.82, 2.24) is 10.6 Å². The molecule has 2 N–H and O–H groups in total. The van der Waals surface area contributed by atoms with Crippen LogP contribution in [0.4, 0.5) is 0 Å². The molecule has 1 unspecified atom stereocenters. The molecule has 1 saturated carbocycles. The summed E-state index contributed by atoms with van der Waals surface area (Å²) in [5, 5.41) is 6.66. The van der Waals surface area contributed by atoms with Crippen molar-refractivity contribution in [3.05, 3.63) is 0 Å². The summed E-state index contributed by atoms with van der Waals surface area (Å²) in [7, 11) is 0. The number of hydrogen-bond acceptors (Lipinski definition) is 2.